The number of aliphatic hydroxyl groups is 11. The number of hydrogen-bond donors (Lipinski definition) is 12. The summed E-state index contributed by atoms with van der Waals surface area (Å²) in [6, 6.07) is -0.992. The maximum atomic E-state index is 13.3. The zero-order valence-corrected chi connectivity index (χ0v) is 47.4. The lowest BCUT2D eigenvalue weighted by molar-refractivity contribution is -0.379. The van der Waals surface area contributed by atoms with Crippen molar-refractivity contribution in [1.82, 2.24) is 5.32 Å². The fraction of sp³-hybridized carbons (Fsp3) is 0.881. The Morgan fingerprint density at radius 2 is 0.821 bits per heavy atom. The molecule has 3 rings (SSSR count). The predicted molar refractivity (Wildman–Crippen MR) is 296 cm³/mol. The topological polar surface area (TPSA) is 307 Å². The average molecular weight is 1120 g/mol. The van der Waals surface area contributed by atoms with Crippen molar-refractivity contribution in [3.05, 3.63) is 36.5 Å². The highest BCUT2D eigenvalue weighted by Crippen LogP contribution is 2.33. The molecule has 3 aliphatic rings. The lowest BCUT2D eigenvalue weighted by Crippen LogP contribution is -2.66. The van der Waals surface area contributed by atoms with Crippen LogP contribution >= 0.6 is 0 Å². The Bertz CT molecular complexity index is 1570. The van der Waals surface area contributed by atoms with Crippen LogP contribution in [0.15, 0.2) is 36.5 Å². The third-order valence-corrected chi connectivity index (χ3v) is 15.2. The van der Waals surface area contributed by atoms with Gasteiger partial charge >= 0.3 is 0 Å². The van der Waals surface area contributed by atoms with E-state index in [0.717, 1.165) is 44.9 Å². The predicted octanol–water partition coefficient (Wildman–Crippen LogP) is 5.32. The lowest BCUT2D eigenvalue weighted by Gasteiger charge is -2.48. The molecule has 0 bridgehead atoms. The summed E-state index contributed by atoms with van der Waals surface area (Å²) in [6.07, 6.45) is 18.4. The number of aliphatic hydroxyl groups excluding tert-OH is 11. The second kappa shape index (κ2) is 42.8. The molecule has 0 aromatic heterocycles. The van der Waals surface area contributed by atoms with Gasteiger partial charge in [0, 0.05) is 6.42 Å². The zero-order valence-electron chi connectivity index (χ0n) is 47.4. The van der Waals surface area contributed by atoms with Crippen LogP contribution in [-0.4, -0.2) is 193 Å². The minimum Gasteiger partial charge on any atom is -0.394 e. The van der Waals surface area contributed by atoms with E-state index in [0.29, 0.717) is 12.8 Å². The normalized spacial score (nSPS) is 30.7. The molecule has 0 aromatic rings. The highest BCUT2D eigenvalue weighted by Gasteiger charge is 2.53. The molecule has 17 unspecified atom stereocenters. The SMILES string of the molecule is CCCCCC/C=C/CC/C=C/CC/C=C/C(O)C(COC1OC(CO)C(OC2OC(CO)C(OC3OC(CO)C(O)C(O)C3O)C(O)C2O)C(O)C1O)NC(=O)CCCCCCCCCCCCCCCCCCCCC. The number of amides is 1. The van der Waals surface area contributed by atoms with Crippen LogP contribution in [0.3, 0.4) is 0 Å². The minimum absolute atomic E-state index is 0.235. The molecule has 1 amide bonds. The minimum atomic E-state index is -1.98. The molecule has 3 saturated heterocycles. The molecule has 19 heteroatoms. The van der Waals surface area contributed by atoms with Crippen molar-refractivity contribution in [3.63, 3.8) is 0 Å². The highest BCUT2D eigenvalue weighted by molar-refractivity contribution is 5.76. The fourth-order valence-electron chi connectivity index (χ4n) is 10.2. The lowest BCUT2D eigenvalue weighted by atomic mass is 9.96. The van der Waals surface area contributed by atoms with Gasteiger partial charge in [-0.05, 0) is 44.9 Å². The number of allylic oxidation sites excluding steroid dienone is 5. The van der Waals surface area contributed by atoms with Gasteiger partial charge in [0.25, 0.3) is 0 Å². The van der Waals surface area contributed by atoms with E-state index in [9.17, 15) is 61.0 Å². The third-order valence-electron chi connectivity index (χ3n) is 15.2. The van der Waals surface area contributed by atoms with Crippen molar-refractivity contribution in [2.75, 3.05) is 26.4 Å². The Morgan fingerprint density at radius 1 is 0.449 bits per heavy atom. The van der Waals surface area contributed by atoms with Crippen LogP contribution in [0.1, 0.15) is 200 Å². The molecule has 456 valence electrons. The van der Waals surface area contributed by atoms with Crippen molar-refractivity contribution >= 4 is 5.91 Å². The summed E-state index contributed by atoms with van der Waals surface area (Å²) in [5, 5.41) is 120. The van der Waals surface area contributed by atoms with Gasteiger partial charge in [-0.3, -0.25) is 4.79 Å². The Morgan fingerprint density at radius 3 is 1.28 bits per heavy atom. The molecule has 3 aliphatic heterocycles. The first kappa shape index (κ1) is 70.3. The molecular formula is C59H107NO18. The number of ether oxygens (including phenoxy) is 6. The van der Waals surface area contributed by atoms with Gasteiger partial charge in [-0.1, -0.05) is 185 Å². The van der Waals surface area contributed by atoms with Crippen LogP contribution in [0.2, 0.25) is 0 Å². The van der Waals surface area contributed by atoms with Gasteiger partial charge in [-0.15, -0.1) is 0 Å². The molecule has 0 saturated carbocycles. The summed E-state index contributed by atoms with van der Waals surface area (Å²) >= 11 is 0. The van der Waals surface area contributed by atoms with E-state index in [1.54, 1.807) is 6.08 Å². The van der Waals surface area contributed by atoms with Crippen LogP contribution in [-0.2, 0) is 33.2 Å². The molecule has 12 N–H and O–H groups in total. The molecule has 3 fully saturated rings. The van der Waals surface area contributed by atoms with Crippen LogP contribution < -0.4 is 5.32 Å². The number of carbonyl (C=O) groups excluding carboxylic acids is 1. The van der Waals surface area contributed by atoms with Gasteiger partial charge in [0.1, 0.15) is 73.2 Å². The summed E-state index contributed by atoms with van der Waals surface area (Å²) < 4.78 is 34.2. The first-order valence-electron chi connectivity index (χ1n) is 30.2. The Labute approximate surface area is 466 Å². The summed E-state index contributed by atoms with van der Waals surface area (Å²) in [5.74, 6) is -0.289. The molecule has 17 atom stereocenters. The van der Waals surface area contributed by atoms with Gasteiger partial charge in [-0.25, -0.2) is 0 Å². The second-order valence-electron chi connectivity index (χ2n) is 21.8. The third kappa shape index (κ3) is 26.5. The van der Waals surface area contributed by atoms with E-state index in [1.165, 1.54) is 122 Å². The summed E-state index contributed by atoms with van der Waals surface area (Å²) in [5.41, 5.74) is 0. The van der Waals surface area contributed by atoms with Crippen LogP contribution in [0.5, 0.6) is 0 Å². The van der Waals surface area contributed by atoms with Crippen molar-refractivity contribution in [3.8, 4) is 0 Å². The largest absolute Gasteiger partial charge is 0.394 e. The molecule has 0 spiro atoms. The summed E-state index contributed by atoms with van der Waals surface area (Å²) in [7, 11) is 0. The van der Waals surface area contributed by atoms with E-state index in [4.69, 9.17) is 28.4 Å². The monoisotopic (exact) mass is 1120 g/mol. The number of nitrogens with one attached hydrogen (secondary N) is 1. The fourth-order valence-corrected chi connectivity index (χ4v) is 10.2. The molecule has 0 aromatic carbocycles. The van der Waals surface area contributed by atoms with E-state index < -0.39 is 124 Å². The van der Waals surface area contributed by atoms with E-state index in [1.807, 2.05) is 6.08 Å². The Balaban J connectivity index is 1.51. The smallest absolute Gasteiger partial charge is 0.220 e. The first-order chi connectivity index (χ1) is 37.8. The highest BCUT2D eigenvalue weighted by atomic mass is 16.8. The maximum absolute atomic E-state index is 13.3. The van der Waals surface area contributed by atoms with Crippen molar-refractivity contribution < 1.29 is 89.4 Å². The van der Waals surface area contributed by atoms with Gasteiger partial charge in [0.2, 0.25) is 5.91 Å². The van der Waals surface area contributed by atoms with Gasteiger partial charge in [0.05, 0.1) is 38.6 Å². The van der Waals surface area contributed by atoms with Crippen LogP contribution in [0.4, 0.5) is 0 Å². The second-order valence-corrected chi connectivity index (χ2v) is 21.8. The molecule has 0 aliphatic carbocycles. The van der Waals surface area contributed by atoms with Crippen LogP contribution in [0.25, 0.3) is 0 Å². The maximum Gasteiger partial charge on any atom is 0.220 e. The van der Waals surface area contributed by atoms with E-state index in [-0.39, 0.29) is 18.9 Å². The average Bonchev–Trinajstić information content (AvgIpc) is 3.47. The van der Waals surface area contributed by atoms with Crippen molar-refractivity contribution in [1.29, 1.82) is 0 Å². The zero-order chi connectivity index (χ0) is 56.9. The van der Waals surface area contributed by atoms with E-state index in [2.05, 4.69) is 43.5 Å². The van der Waals surface area contributed by atoms with Gasteiger partial charge in [0.15, 0.2) is 18.9 Å². The Kier molecular flexibility index (Phi) is 38.5. The van der Waals surface area contributed by atoms with Crippen molar-refractivity contribution in [2.24, 2.45) is 0 Å². The molecule has 0 radical (unpaired) electrons. The molecule has 3 heterocycles. The Hall–Kier alpha value is -1.99. The van der Waals surface area contributed by atoms with Crippen molar-refractivity contribution in [2.45, 2.75) is 304 Å². The van der Waals surface area contributed by atoms with Gasteiger partial charge in [-0.2, -0.15) is 0 Å². The van der Waals surface area contributed by atoms with Gasteiger partial charge < -0.3 is 89.9 Å². The molecule has 78 heavy (non-hydrogen) atoms. The molecule has 19 nitrogen and oxygen atoms in total. The number of hydrogen-bond acceptors (Lipinski definition) is 18. The number of unbranched alkanes of at least 4 members (excludes halogenated alkanes) is 24. The number of rotatable bonds is 44. The standard InChI is InChI=1S/C59H107NO18/c1-3-5-7-9-11-13-15-17-19-20-21-22-23-25-27-29-31-33-35-37-47(65)60-42(43(64)36-34-32-30-28-26-24-18-16-14-12-10-8-6-4-2)41-73-57-53(71)50(68)55(45(39-62)75-57)78-59-54(72)51(69)56(46(40-63)76-59)77-58-52(70)49(67)48(66)44(38-61)74-58/h14,16,26,28,34,36,42-46,48-59,61-64,66-72H,3-13,15,17-25,27,29-33,35,37-41H2,1-2H3,(H,60,65)/b16-14+,28-26+,36-34+. The summed E-state index contributed by atoms with van der Waals surface area (Å²) in [6.45, 7) is 1.67. The summed E-state index contributed by atoms with van der Waals surface area (Å²) in [4.78, 5) is 13.3. The molecular weight excluding hydrogens is 1010 g/mol. The first-order valence-corrected chi connectivity index (χ1v) is 30.2. The number of carbonyl (C=O) groups is 1. The van der Waals surface area contributed by atoms with E-state index >= 15 is 0 Å². The quantitative estimate of drug-likeness (QED) is 0.0271. The van der Waals surface area contributed by atoms with Crippen LogP contribution in [0, 0.1) is 0 Å².